The fourth-order valence-electron chi connectivity index (χ4n) is 4.74. The van der Waals surface area contributed by atoms with Crippen LogP contribution in [0.15, 0.2) is 83.0 Å². The van der Waals surface area contributed by atoms with Gasteiger partial charge in [0.25, 0.3) is 0 Å². The van der Waals surface area contributed by atoms with Gasteiger partial charge in [-0.2, -0.15) is 8.42 Å². The van der Waals surface area contributed by atoms with Crippen molar-refractivity contribution in [2.45, 2.75) is 30.1 Å². The molecule has 35 heavy (non-hydrogen) atoms. The third-order valence-electron chi connectivity index (χ3n) is 6.63. The molecule has 9 heteroatoms. The van der Waals surface area contributed by atoms with Crippen LogP contribution in [-0.4, -0.2) is 48.4 Å². The van der Waals surface area contributed by atoms with E-state index in [1.165, 1.54) is 0 Å². The summed E-state index contributed by atoms with van der Waals surface area (Å²) in [5.74, 6) is 1.49. The third kappa shape index (κ3) is 3.76. The molecule has 2 N–H and O–H groups in total. The largest absolute Gasteiger partial charge is 0.382 e. The van der Waals surface area contributed by atoms with Crippen LogP contribution in [0.3, 0.4) is 0 Å². The standard InChI is InChI=1S/C26H25N5O3S/c27-25-30-26(24-29-14-3-15-31(24)25,21-6-1-4-18(16-21)19-5-2-13-28-17-19)20-7-9-22(10-8-20)34-35(32,33)23-11-12-23/h1-2,4-10,13,16-17,23H,3,11-12,14-15H2,(H2,27,30). The number of guanidine groups is 1. The number of nitrogens with zero attached hydrogens (tertiary/aromatic N) is 4. The van der Waals surface area contributed by atoms with Gasteiger partial charge in [-0.15, -0.1) is 0 Å². The van der Waals surface area contributed by atoms with Gasteiger partial charge in [-0.25, -0.2) is 4.99 Å². The van der Waals surface area contributed by atoms with E-state index in [-0.39, 0.29) is 5.75 Å². The van der Waals surface area contributed by atoms with E-state index in [1.807, 2.05) is 53.6 Å². The van der Waals surface area contributed by atoms with Gasteiger partial charge in [-0.05, 0) is 65.8 Å². The Morgan fingerprint density at radius 1 is 1.00 bits per heavy atom. The summed E-state index contributed by atoms with van der Waals surface area (Å²) in [6.07, 6.45) is 5.78. The monoisotopic (exact) mass is 487 g/mol. The van der Waals surface area contributed by atoms with Crippen LogP contribution in [0, 0.1) is 0 Å². The number of aromatic nitrogens is 1. The molecule has 8 nitrogen and oxygen atoms in total. The Bertz CT molecular complexity index is 1430. The maximum atomic E-state index is 12.3. The zero-order valence-electron chi connectivity index (χ0n) is 19.0. The van der Waals surface area contributed by atoms with Gasteiger partial charge in [0, 0.05) is 25.5 Å². The lowest BCUT2D eigenvalue weighted by Gasteiger charge is -2.33. The number of benzene rings is 2. The Labute approximate surface area is 204 Å². The van der Waals surface area contributed by atoms with Crippen LogP contribution in [0.4, 0.5) is 0 Å². The second-order valence-corrected chi connectivity index (χ2v) is 10.8. The minimum atomic E-state index is -3.59. The first-order valence-electron chi connectivity index (χ1n) is 11.7. The van der Waals surface area contributed by atoms with Crippen molar-refractivity contribution in [1.29, 1.82) is 0 Å². The van der Waals surface area contributed by atoms with Crippen molar-refractivity contribution in [3.05, 3.63) is 84.2 Å². The Morgan fingerprint density at radius 2 is 1.80 bits per heavy atom. The van der Waals surface area contributed by atoms with Crippen molar-refractivity contribution < 1.29 is 12.6 Å². The summed E-state index contributed by atoms with van der Waals surface area (Å²) in [5.41, 5.74) is 9.24. The van der Waals surface area contributed by atoms with Crippen LogP contribution in [0.2, 0.25) is 0 Å². The molecule has 0 amide bonds. The van der Waals surface area contributed by atoms with Crippen LogP contribution >= 0.6 is 0 Å². The van der Waals surface area contributed by atoms with Gasteiger partial charge in [0.05, 0.1) is 5.25 Å². The molecule has 1 fully saturated rings. The van der Waals surface area contributed by atoms with Crippen LogP contribution in [0.5, 0.6) is 5.75 Å². The minimum absolute atomic E-state index is 0.289. The first kappa shape index (κ1) is 21.8. The molecule has 6 rings (SSSR count). The Morgan fingerprint density at radius 3 is 2.54 bits per heavy atom. The van der Waals surface area contributed by atoms with Crippen molar-refractivity contribution in [1.82, 2.24) is 9.88 Å². The summed E-state index contributed by atoms with van der Waals surface area (Å²) in [7, 11) is -3.59. The Balaban J connectivity index is 1.47. The number of fused-ring (bicyclic) bond motifs is 1. The lowest BCUT2D eigenvalue weighted by atomic mass is 9.81. The highest BCUT2D eigenvalue weighted by Gasteiger charge is 2.49. The van der Waals surface area contributed by atoms with Gasteiger partial charge in [0.15, 0.2) is 11.5 Å². The number of nitrogens with two attached hydrogens (primary N) is 1. The van der Waals surface area contributed by atoms with Gasteiger partial charge < -0.3 is 9.92 Å². The van der Waals surface area contributed by atoms with E-state index in [2.05, 4.69) is 11.1 Å². The number of hydrogen-bond acceptors (Lipinski definition) is 8. The molecule has 0 saturated heterocycles. The minimum Gasteiger partial charge on any atom is -0.382 e. The van der Waals surface area contributed by atoms with E-state index < -0.39 is 20.9 Å². The van der Waals surface area contributed by atoms with E-state index in [0.717, 1.165) is 41.1 Å². The van der Waals surface area contributed by atoms with Crippen molar-refractivity contribution in [2.24, 2.45) is 15.7 Å². The third-order valence-corrected chi connectivity index (χ3v) is 8.34. The van der Waals surface area contributed by atoms with E-state index in [9.17, 15) is 8.42 Å². The molecule has 0 spiro atoms. The SMILES string of the molecule is NC1=NC(c2ccc(OS(=O)(=O)C3CC3)cc2)(c2cccc(-c3cccnc3)c2)C2=NCCCN12. The maximum absolute atomic E-state index is 12.3. The zero-order chi connectivity index (χ0) is 24.0. The van der Waals surface area contributed by atoms with Crippen molar-refractivity contribution >= 4 is 21.9 Å². The molecule has 3 heterocycles. The maximum Gasteiger partial charge on any atom is 0.312 e. The molecule has 1 saturated carbocycles. The highest BCUT2D eigenvalue weighted by atomic mass is 32.2. The lowest BCUT2D eigenvalue weighted by Crippen LogP contribution is -2.46. The molecule has 0 bridgehead atoms. The zero-order valence-corrected chi connectivity index (χ0v) is 19.9. The summed E-state index contributed by atoms with van der Waals surface area (Å²) < 4.78 is 29.9. The van der Waals surface area contributed by atoms with Crippen LogP contribution in [0.1, 0.15) is 30.4 Å². The number of aliphatic imine (C=N–C) groups is 2. The van der Waals surface area contributed by atoms with Gasteiger partial charge in [-0.1, -0.05) is 36.4 Å². The predicted molar refractivity (Wildman–Crippen MR) is 135 cm³/mol. The molecule has 1 atom stereocenters. The van der Waals surface area contributed by atoms with E-state index in [0.29, 0.717) is 25.3 Å². The van der Waals surface area contributed by atoms with Crippen LogP contribution < -0.4 is 9.92 Å². The molecule has 2 aromatic carbocycles. The molecule has 3 aliphatic rings. The average molecular weight is 488 g/mol. The normalized spacial score (nSPS) is 21.8. The van der Waals surface area contributed by atoms with Crippen molar-refractivity contribution in [3.63, 3.8) is 0 Å². The van der Waals surface area contributed by atoms with E-state index >= 15 is 0 Å². The highest BCUT2D eigenvalue weighted by molar-refractivity contribution is 7.88. The molecular weight excluding hydrogens is 462 g/mol. The van der Waals surface area contributed by atoms with Crippen LogP contribution in [0.25, 0.3) is 11.1 Å². The highest BCUT2D eigenvalue weighted by Crippen LogP contribution is 2.43. The topological polar surface area (TPSA) is 110 Å². The Hall–Kier alpha value is -3.72. The summed E-state index contributed by atoms with van der Waals surface area (Å²) >= 11 is 0. The molecule has 0 radical (unpaired) electrons. The van der Waals surface area contributed by atoms with Gasteiger partial charge in [-0.3, -0.25) is 14.9 Å². The number of pyridine rings is 1. The second-order valence-electron chi connectivity index (χ2n) is 9.01. The van der Waals surface area contributed by atoms with Gasteiger partial charge in [0.1, 0.15) is 11.6 Å². The summed E-state index contributed by atoms with van der Waals surface area (Å²) in [6.45, 7) is 1.44. The molecule has 1 aromatic heterocycles. The number of amidine groups is 1. The van der Waals surface area contributed by atoms with Gasteiger partial charge >= 0.3 is 10.1 Å². The molecule has 1 unspecified atom stereocenters. The van der Waals surface area contributed by atoms with E-state index in [1.54, 1.807) is 18.3 Å². The molecule has 2 aliphatic heterocycles. The second kappa shape index (κ2) is 8.20. The number of rotatable bonds is 6. The van der Waals surface area contributed by atoms with Gasteiger partial charge in [0.2, 0.25) is 0 Å². The van der Waals surface area contributed by atoms with Crippen molar-refractivity contribution in [3.8, 4) is 16.9 Å². The fourth-order valence-corrected chi connectivity index (χ4v) is 5.97. The first-order valence-corrected chi connectivity index (χ1v) is 13.2. The first-order chi connectivity index (χ1) is 17.0. The molecular formula is C26H25N5O3S. The molecule has 1 aliphatic carbocycles. The molecule has 3 aromatic rings. The van der Waals surface area contributed by atoms with Crippen molar-refractivity contribution in [2.75, 3.05) is 13.1 Å². The predicted octanol–water partition coefficient (Wildman–Crippen LogP) is 3.30. The fraction of sp³-hybridized carbons (Fsp3) is 0.269. The smallest absolute Gasteiger partial charge is 0.312 e. The van der Waals surface area contributed by atoms with Crippen LogP contribution in [-0.2, 0) is 15.7 Å². The number of hydrogen-bond donors (Lipinski definition) is 1. The molecule has 178 valence electrons. The average Bonchev–Trinajstić information content (AvgIpc) is 3.71. The summed E-state index contributed by atoms with van der Waals surface area (Å²) in [5, 5.41) is -0.395. The summed E-state index contributed by atoms with van der Waals surface area (Å²) in [4.78, 5) is 16.1. The quantitative estimate of drug-likeness (QED) is 0.534. The Kier molecular flexibility index (Phi) is 5.10. The van der Waals surface area contributed by atoms with E-state index in [4.69, 9.17) is 19.9 Å². The lowest BCUT2D eigenvalue weighted by molar-refractivity contribution is 0.484. The summed E-state index contributed by atoms with van der Waals surface area (Å²) in [6, 6.07) is 19.1.